The van der Waals surface area contributed by atoms with Gasteiger partial charge in [0.15, 0.2) is 0 Å². The van der Waals surface area contributed by atoms with Gasteiger partial charge in [-0.15, -0.1) is 0 Å². The summed E-state index contributed by atoms with van der Waals surface area (Å²) in [4.78, 5) is 0. The lowest BCUT2D eigenvalue weighted by atomic mass is 9.80. The minimum Gasteiger partial charge on any atom is -0.389 e. The molecule has 0 aliphatic heterocycles. The molecule has 1 aliphatic rings. The van der Waals surface area contributed by atoms with Crippen molar-refractivity contribution in [3.05, 3.63) is 34.9 Å². The molecular formula is C14H18N2O. The molecule has 0 radical (unpaired) electrons. The van der Waals surface area contributed by atoms with Crippen molar-refractivity contribution in [1.82, 2.24) is 5.32 Å². The first-order valence-corrected chi connectivity index (χ1v) is 6.06. The molecular weight excluding hydrogens is 212 g/mol. The Labute approximate surface area is 102 Å². The minimum absolute atomic E-state index is 0.472. The summed E-state index contributed by atoms with van der Waals surface area (Å²) < 4.78 is 0. The summed E-state index contributed by atoms with van der Waals surface area (Å²) in [7, 11) is 0. The Morgan fingerprint density at radius 1 is 1.47 bits per heavy atom. The molecule has 17 heavy (non-hydrogen) atoms. The van der Waals surface area contributed by atoms with E-state index in [-0.39, 0.29) is 0 Å². The molecule has 2 rings (SSSR count). The number of rotatable bonds is 4. The van der Waals surface area contributed by atoms with Crippen molar-refractivity contribution < 1.29 is 5.11 Å². The van der Waals surface area contributed by atoms with E-state index in [9.17, 15) is 5.11 Å². The Morgan fingerprint density at radius 2 is 2.24 bits per heavy atom. The Bertz CT molecular complexity index is 444. The van der Waals surface area contributed by atoms with E-state index in [0.29, 0.717) is 12.1 Å². The fourth-order valence-electron chi connectivity index (χ4n) is 2.16. The number of benzene rings is 1. The van der Waals surface area contributed by atoms with E-state index in [0.717, 1.165) is 31.4 Å². The van der Waals surface area contributed by atoms with E-state index < -0.39 is 5.60 Å². The summed E-state index contributed by atoms with van der Waals surface area (Å²) in [5, 5.41) is 22.0. The highest BCUT2D eigenvalue weighted by molar-refractivity contribution is 5.37. The van der Waals surface area contributed by atoms with E-state index in [1.807, 2.05) is 25.1 Å². The van der Waals surface area contributed by atoms with Crippen LogP contribution in [0.25, 0.3) is 0 Å². The summed E-state index contributed by atoms with van der Waals surface area (Å²) in [6.07, 6.45) is 2.95. The standard InChI is InChI=1S/C14H18N2O/c1-11-7-12(8-15)3-4-13(11)9-16-10-14(17)5-2-6-14/h3-4,7,16-17H,2,5-6,9-10H2,1H3. The van der Waals surface area contributed by atoms with E-state index in [1.165, 1.54) is 5.56 Å². The van der Waals surface area contributed by atoms with Crippen molar-refractivity contribution in [2.24, 2.45) is 0 Å². The first-order chi connectivity index (χ1) is 8.13. The van der Waals surface area contributed by atoms with Gasteiger partial charge in [-0.2, -0.15) is 5.26 Å². The fourth-order valence-corrected chi connectivity index (χ4v) is 2.16. The Morgan fingerprint density at radius 3 is 2.76 bits per heavy atom. The normalized spacial score (nSPS) is 17.2. The molecule has 0 saturated heterocycles. The van der Waals surface area contributed by atoms with Gasteiger partial charge in [0.25, 0.3) is 0 Å². The van der Waals surface area contributed by atoms with Gasteiger partial charge < -0.3 is 10.4 Å². The predicted octanol–water partition coefficient (Wildman–Crippen LogP) is 1.87. The van der Waals surface area contributed by atoms with Crippen LogP contribution in [-0.4, -0.2) is 17.3 Å². The zero-order valence-electron chi connectivity index (χ0n) is 10.2. The van der Waals surface area contributed by atoms with Crippen molar-refractivity contribution in [3.8, 4) is 6.07 Å². The second kappa shape index (κ2) is 4.87. The number of nitrogens with one attached hydrogen (secondary N) is 1. The number of nitrogens with zero attached hydrogens (tertiary/aromatic N) is 1. The summed E-state index contributed by atoms with van der Waals surface area (Å²) in [6.45, 7) is 3.42. The van der Waals surface area contributed by atoms with E-state index in [4.69, 9.17) is 5.26 Å². The summed E-state index contributed by atoms with van der Waals surface area (Å²) in [6, 6.07) is 7.84. The van der Waals surface area contributed by atoms with E-state index >= 15 is 0 Å². The second-order valence-electron chi connectivity index (χ2n) is 4.93. The second-order valence-corrected chi connectivity index (χ2v) is 4.93. The smallest absolute Gasteiger partial charge is 0.0991 e. The zero-order valence-corrected chi connectivity index (χ0v) is 10.2. The SMILES string of the molecule is Cc1cc(C#N)ccc1CNCC1(O)CCC1. The molecule has 90 valence electrons. The van der Waals surface area contributed by atoms with Crippen LogP contribution in [0.15, 0.2) is 18.2 Å². The van der Waals surface area contributed by atoms with Crippen LogP contribution >= 0.6 is 0 Å². The maximum atomic E-state index is 9.93. The average molecular weight is 230 g/mol. The number of aliphatic hydroxyl groups is 1. The lowest BCUT2D eigenvalue weighted by Gasteiger charge is -2.36. The highest BCUT2D eigenvalue weighted by Crippen LogP contribution is 2.30. The molecule has 1 aromatic carbocycles. The number of hydrogen-bond donors (Lipinski definition) is 2. The maximum Gasteiger partial charge on any atom is 0.0991 e. The molecule has 2 N–H and O–H groups in total. The maximum absolute atomic E-state index is 9.93. The first kappa shape index (κ1) is 12.1. The van der Waals surface area contributed by atoms with Gasteiger partial charge in [-0.05, 0) is 49.4 Å². The molecule has 1 fully saturated rings. The van der Waals surface area contributed by atoms with Crippen molar-refractivity contribution in [2.45, 2.75) is 38.3 Å². The molecule has 1 aliphatic carbocycles. The summed E-state index contributed by atoms with van der Waals surface area (Å²) in [5.41, 5.74) is 2.54. The molecule has 0 unspecified atom stereocenters. The zero-order chi connectivity index (χ0) is 12.3. The van der Waals surface area contributed by atoms with Crippen LogP contribution in [0, 0.1) is 18.3 Å². The fraction of sp³-hybridized carbons (Fsp3) is 0.500. The van der Waals surface area contributed by atoms with Crippen LogP contribution < -0.4 is 5.32 Å². The van der Waals surface area contributed by atoms with E-state index in [2.05, 4.69) is 11.4 Å². The molecule has 0 aromatic heterocycles. The van der Waals surface area contributed by atoms with Gasteiger partial charge >= 0.3 is 0 Å². The summed E-state index contributed by atoms with van der Waals surface area (Å²) in [5.74, 6) is 0. The molecule has 0 bridgehead atoms. The third-order valence-corrected chi connectivity index (χ3v) is 3.53. The van der Waals surface area contributed by atoms with Crippen LogP contribution in [0.3, 0.4) is 0 Å². The van der Waals surface area contributed by atoms with Crippen LogP contribution in [0.2, 0.25) is 0 Å². The Hall–Kier alpha value is -1.37. The minimum atomic E-state index is -0.472. The van der Waals surface area contributed by atoms with Crippen molar-refractivity contribution in [3.63, 3.8) is 0 Å². The number of hydrogen-bond acceptors (Lipinski definition) is 3. The molecule has 1 aromatic rings. The topological polar surface area (TPSA) is 56.0 Å². The van der Waals surface area contributed by atoms with Crippen LogP contribution in [-0.2, 0) is 6.54 Å². The van der Waals surface area contributed by atoms with Gasteiger partial charge in [0.2, 0.25) is 0 Å². The molecule has 3 heteroatoms. The Kier molecular flexibility index (Phi) is 3.46. The number of nitriles is 1. The van der Waals surface area contributed by atoms with Crippen LogP contribution in [0.5, 0.6) is 0 Å². The van der Waals surface area contributed by atoms with Gasteiger partial charge in [0.1, 0.15) is 0 Å². The van der Waals surface area contributed by atoms with Crippen molar-refractivity contribution in [2.75, 3.05) is 6.54 Å². The van der Waals surface area contributed by atoms with E-state index in [1.54, 1.807) is 0 Å². The lowest BCUT2D eigenvalue weighted by molar-refractivity contribution is -0.0314. The molecule has 0 amide bonds. The monoisotopic (exact) mass is 230 g/mol. The summed E-state index contributed by atoms with van der Waals surface area (Å²) >= 11 is 0. The van der Waals surface area contributed by atoms with Crippen LogP contribution in [0.4, 0.5) is 0 Å². The molecule has 0 atom stereocenters. The van der Waals surface area contributed by atoms with Gasteiger partial charge in [-0.3, -0.25) is 0 Å². The van der Waals surface area contributed by atoms with Gasteiger partial charge in [-0.25, -0.2) is 0 Å². The molecule has 1 saturated carbocycles. The largest absolute Gasteiger partial charge is 0.389 e. The average Bonchev–Trinajstić information content (AvgIpc) is 2.29. The molecule has 0 heterocycles. The quantitative estimate of drug-likeness (QED) is 0.830. The Balaban J connectivity index is 1.89. The molecule has 0 spiro atoms. The lowest BCUT2D eigenvalue weighted by Crippen LogP contribution is -2.46. The third kappa shape index (κ3) is 2.85. The predicted molar refractivity (Wildman–Crippen MR) is 66.4 cm³/mol. The van der Waals surface area contributed by atoms with Crippen molar-refractivity contribution in [1.29, 1.82) is 5.26 Å². The van der Waals surface area contributed by atoms with Crippen molar-refractivity contribution >= 4 is 0 Å². The van der Waals surface area contributed by atoms with Gasteiger partial charge in [0, 0.05) is 13.1 Å². The highest BCUT2D eigenvalue weighted by Gasteiger charge is 2.33. The molecule has 3 nitrogen and oxygen atoms in total. The number of aryl methyl sites for hydroxylation is 1. The van der Waals surface area contributed by atoms with Gasteiger partial charge in [0.05, 0.1) is 17.2 Å². The third-order valence-electron chi connectivity index (χ3n) is 3.53. The highest BCUT2D eigenvalue weighted by atomic mass is 16.3. The first-order valence-electron chi connectivity index (χ1n) is 6.06. The van der Waals surface area contributed by atoms with Crippen LogP contribution in [0.1, 0.15) is 36.0 Å². The van der Waals surface area contributed by atoms with Gasteiger partial charge in [-0.1, -0.05) is 6.07 Å².